The Balaban J connectivity index is 1.84. The van der Waals surface area contributed by atoms with Crippen molar-refractivity contribution in [2.75, 3.05) is 11.9 Å². The average Bonchev–Trinajstić information content (AvgIpc) is 2.84. The SMILES string of the molecule is Cc1csc(NC(=O)NCCc2ccccc2C(=O)O)n1. The van der Waals surface area contributed by atoms with Crippen LogP contribution >= 0.6 is 11.3 Å². The lowest BCUT2D eigenvalue weighted by molar-refractivity contribution is 0.0695. The molecular weight excluding hydrogens is 290 g/mol. The number of amides is 2. The van der Waals surface area contributed by atoms with E-state index in [-0.39, 0.29) is 11.6 Å². The Labute approximate surface area is 125 Å². The summed E-state index contributed by atoms with van der Waals surface area (Å²) in [5.41, 5.74) is 1.80. The molecule has 110 valence electrons. The number of aromatic carboxylic acids is 1. The van der Waals surface area contributed by atoms with Crippen molar-refractivity contribution in [1.82, 2.24) is 10.3 Å². The standard InChI is InChI=1S/C14H15N3O3S/c1-9-8-21-14(16-9)17-13(20)15-7-6-10-4-2-3-5-11(10)12(18)19/h2-5,8H,6-7H2,1H3,(H,18,19)(H2,15,16,17,20). The van der Waals surface area contributed by atoms with Crippen LogP contribution < -0.4 is 10.6 Å². The molecular formula is C14H15N3O3S. The van der Waals surface area contributed by atoms with Crippen LogP contribution in [0.5, 0.6) is 0 Å². The van der Waals surface area contributed by atoms with Gasteiger partial charge in [0.25, 0.3) is 0 Å². The van der Waals surface area contributed by atoms with Crippen molar-refractivity contribution in [3.8, 4) is 0 Å². The number of nitrogens with zero attached hydrogens (tertiary/aromatic N) is 1. The van der Waals surface area contributed by atoms with Gasteiger partial charge < -0.3 is 10.4 Å². The summed E-state index contributed by atoms with van der Waals surface area (Å²) in [6.07, 6.45) is 0.451. The number of benzene rings is 1. The average molecular weight is 305 g/mol. The second kappa shape index (κ2) is 6.85. The van der Waals surface area contributed by atoms with Gasteiger partial charge in [0.2, 0.25) is 0 Å². The van der Waals surface area contributed by atoms with E-state index in [0.717, 1.165) is 5.69 Å². The van der Waals surface area contributed by atoms with Crippen molar-refractivity contribution < 1.29 is 14.7 Å². The number of hydrogen-bond acceptors (Lipinski definition) is 4. The Morgan fingerprint density at radius 3 is 2.76 bits per heavy atom. The summed E-state index contributed by atoms with van der Waals surface area (Å²) < 4.78 is 0. The first-order valence-corrected chi connectivity index (χ1v) is 7.22. The van der Waals surface area contributed by atoms with Gasteiger partial charge in [-0.3, -0.25) is 5.32 Å². The summed E-state index contributed by atoms with van der Waals surface area (Å²) in [6.45, 7) is 2.20. The van der Waals surface area contributed by atoms with Crippen LogP contribution in [0.2, 0.25) is 0 Å². The van der Waals surface area contributed by atoms with E-state index in [9.17, 15) is 9.59 Å². The van der Waals surface area contributed by atoms with E-state index in [1.54, 1.807) is 24.3 Å². The van der Waals surface area contributed by atoms with Gasteiger partial charge in [-0.15, -0.1) is 11.3 Å². The second-order valence-corrected chi connectivity index (χ2v) is 5.25. The minimum absolute atomic E-state index is 0.259. The quantitative estimate of drug-likeness (QED) is 0.791. The first-order valence-electron chi connectivity index (χ1n) is 6.34. The van der Waals surface area contributed by atoms with E-state index in [1.165, 1.54) is 11.3 Å². The highest BCUT2D eigenvalue weighted by Crippen LogP contribution is 2.14. The predicted molar refractivity (Wildman–Crippen MR) is 81.0 cm³/mol. The van der Waals surface area contributed by atoms with Crippen LogP contribution in [-0.4, -0.2) is 28.6 Å². The zero-order valence-corrected chi connectivity index (χ0v) is 12.2. The van der Waals surface area contributed by atoms with Crippen LogP contribution in [0.4, 0.5) is 9.93 Å². The molecule has 0 aliphatic heterocycles. The third-order valence-electron chi connectivity index (χ3n) is 2.77. The molecule has 0 aliphatic rings. The Morgan fingerprint density at radius 2 is 2.10 bits per heavy atom. The van der Waals surface area contributed by atoms with Gasteiger partial charge in [-0.1, -0.05) is 18.2 Å². The van der Waals surface area contributed by atoms with Gasteiger partial charge in [0.05, 0.1) is 11.3 Å². The van der Waals surface area contributed by atoms with Crippen molar-refractivity contribution >= 4 is 28.5 Å². The molecule has 7 heteroatoms. The molecule has 0 radical (unpaired) electrons. The fraction of sp³-hybridized carbons (Fsp3) is 0.214. The Hall–Kier alpha value is -2.41. The molecule has 1 aromatic heterocycles. The molecule has 0 unspecified atom stereocenters. The number of carboxylic acid groups (broad SMARTS) is 1. The maximum atomic E-state index is 11.7. The Morgan fingerprint density at radius 1 is 1.33 bits per heavy atom. The highest BCUT2D eigenvalue weighted by molar-refractivity contribution is 7.13. The van der Waals surface area contributed by atoms with Crippen LogP contribution in [0.15, 0.2) is 29.6 Å². The van der Waals surface area contributed by atoms with Gasteiger partial charge >= 0.3 is 12.0 Å². The monoisotopic (exact) mass is 305 g/mol. The molecule has 0 atom stereocenters. The number of urea groups is 1. The fourth-order valence-electron chi connectivity index (χ4n) is 1.81. The molecule has 2 rings (SSSR count). The van der Waals surface area contributed by atoms with Crippen molar-refractivity contribution in [1.29, 1.82) is 0 Å². The van der Waals surface area contributed by atoms with E-state index >= 15 is 0 Å². The summed E-state index contributed by atoms with van der Waals surface area (Å²) in [4.78, 5) is 26.8. The molecule has 0 aliphatic carbocycles. The number of carboxylic acids is 1. The minimum Gasteiger partial charge on any atom is -0.478 e. The molecule has 0 spiro atoms. The molecule has 2 amide bonds. The summed E-state index contributed by atoms with van der Waals surface area (Å²) in [5, 5.41) is 16.8. The smallest absolute Gasteiger partial charge is 0.335 e. The lowest BCUT2D eigenvalue weighted by atomic mass is 10.0. The minimum atomic E-state index is -0.965. The van der Waals surface area contributed by atoms with E-state index < -0.39 is 5.97 Å². The number of hydrogen-bond donors (Lipinski definition) is 3. The first kappa shape index (κ1) is 15.0. The third kappa shape index (κ3) is 4.28. The van der Waals surface area contributed by atoms with E-state index in [0.29, 0.717) is 23.7 Å². The van der Waals surface area contributed by atoms with Gasteiger partial charge in [-0.05, 0) is 25.0 Å². The van der Waals surface area contributed by atoms with Gasteiger partial charge in [0.15, 0.2) is 5.13 Å². The number of thiazole rings is 1. The van der Waals surface area contributed by atoms with Crippen LogP contribution in [0.3, 0.4) is 0 Å². The molecule has 21 heavy (non-hydrogen) atoms. The van der Waals surface area contributed by atoms with E-state index in [4.69, 9.17) is 5.11 Å². The molecule has 6 nitrogen and oxygen atoms in total. The molecule has 2 aromatic rings. The summed E-state index contributed by atoms with van der Waals surface area (Å²) in [5.74, 6) is -0.965. The van der Waals surface area contributed by atoms with Gasteiger partial charge in [-0.25, -0.2) is 14.6 Å². The molecule has 0 saturated carbocycles. The van der Waals surface area contributed by atoms with Crippen LogP contribution in [0.25, 0.3) is 0 Å². The highest BCUT2D eigenvalue weighted by Gasteiger charge is 2.09. The highest BCUT2D eigenvalue weighted by atomic mass is 32.1. The Bertz CT molecular complexity index is 654. The number of carbonyl (C=O) groups is 2. The van der Waals surface area contributed by atoms with Crippen molar-refractivity contribution in [2.24, 2.45) is 0 Å². The van der Waals surface area contributed by atoms with Crippen LogP contribution in [0, 0.1) is 6.92 Å². The largest absolute Gasteiger partial charge is 0.478 e. The van der Waals surface area contributed by atoms with Crippen molar-refractivity contribution in [3.05, 3.63) is 46.5 Å². The topological polar surface area (TPSA) is 91.3 Å². The maximum absolute atomic E-state index is 11.7. The third-order valence-corrected chi connectivity index (χ3v) is 3.64. The first-order chi connectivity index (χ1) is 10.1. The van der Waals surface area contributed by atoms with Gasteiger partial charge in [-0.2, -0.15) is 0 Å². The summed E-state index contributed by atoms with van der Waals surface area (Å²) >= 11 is 1.35. The molecule has 0 saturated heterocycles. The normalized spacial score (nSPS) is 10.1. The molecule has 0 bridgehead atoms. The zero-order chi connectivity index (χ0) is 15.2. The van der Waals surface area contributed by atoms with Crippen molar-refractivity contribution in [2.45, 2.75) is 13.3 Å². The maximum Gasteiger partial charge on any atom is 0.335 e. The number of aryl methyl sites for hydroxylation is 1. The van der Waals surface area contributed by atoms with Gasteiger partial charge in [0.1, 0.15) is 0 Å². The number of aromatic nitrogens is 1. The number of rotatable bonds is 5. The lowest BCUT2D eigenvalue weighted by Crippen LogP contribution is -2.30. The predicted octanol–water partition coefficient (Wildman–Crippen LogP) is 2.51. The summed E-state index contributed by atoms with van der Waals surface area (Å²) in [7, 11) is 0. The fourth-order valence-corrected chi connectivity index (χ4v) is 2.49. The molecule has 3 N–H and O–H groups in total. The number of anilines is 1. The van der Waals surface area contributed by atoms with Crippen molar-refractivity contribution in [3.63, 3.8) is 0 Å². The lowest BCUT2D eigenvalue weighted by Gasteiger charge is -2.07. The molecule has 1 aromatic carbocycles. The zero-order valence-electron chi connectivity index (χ0n) is 11.4. The van der Waals surface area contributed by atoms with Crippen LogP contribution in [0.1, 0.15) is 21.6 Å². The number of nitrogens with one attached hydrogen (secondary N) is 2. The Kier molecular flexibility index (Phi) is 4.89. The number of carbonyl (C=O) groups excluding carboxylic acids is 1. The molecule has 1 heterocycles. The second-order valence-electron chi connectivity index (χ2n) is 4.39. The van der Waals surface area contributed by atoms with Gasteiger partial charge in [0, 0.05) is 11.9 Å². The van der Waals surface area contributed by atoms with E-state index in [2.05, 4.69) is 15.6 Å². The van der Waals surface area contributed by atoms with Crippen LogP contribution in [-0.2, 0) is 6.42 Å². The van der Waals surface area contributed by atoms with E-state index in [1.807, 2.05) is 12.3 Å². The molecule has 0 fully saturated rings. The summed E-state index contributed by atoms with van der Waals surface area (Å²) in [6, 6.07) is 6.40.